The Bertz CT molecular complexity index is 733. The van der Waals surface area contributed by atoms with Crippen LogP contribution in [0.1, 0.15) is 42.8 Å². The molecule has 0 radical (unpaired) electrons. The number of carbonyl (C=O) groups is 2. The summed E-state index contributed by atoms with van der Waals surface area (Å²) < 4.78 is 15.1. The van der Waals surface area contributed by atoms with Crippen LogP contribution in [-0.4, -0.2) is 27.8 Å². The number of nitrogens with zero attached hydrogens (tertiary/aromatic N) is 2. The summed E-state index contributed by atoms with van der Waals surface area (Å²) in [6.45, 7) is 6.84. The zero-order chi connectivity index (χ0) is 17.7. The van der Waals surface area contributed by atoms with Crippen LogP contribution < -0.4 is 5.32 Å². The largest absolute Gasteiger partial charge is 0.452 e. The summed E-state index contributed by atoms with van der Waals surface area (Å²) in [6.07, 6.45) is -0.602. The molecule has 24 heavy (non-hydrogen) atoms. The highest BCUT2D eigenvalue weighted by Gasteiger charge is 2.17. The van der Waals surface area contributed by atoms with E-state index >= 15 is 0 Å². The van der Waals surface area contributed by atoms with Crippen molar-refractivity contribution >= 4 is 17.7 Å². The molecule has 1 aromatic heterocycles. The standard InChI is InChI=1S/C16H19N3O5/c1-10-17-13(24-19-10)9-22-14(20)11-6-5-7-12(8-11)18-15(21)23-16(2,3)4/h5-8H,9H2,1-4H3,(H,18,21). The number of hydrogen-bond donors (Lipinski definition) is 1. The summed E-state index contributed by atoms with van der Waals surface area (Å²) in [6, 6.07) is 6.33. The minimum absolute atomic E-state index is 0.122. The number of amides is 1. The Hall–Kier alpha value is -2.90. The molecule has 8 nitrogen and oxygen atoms in total. The predicted molar refractivity (Wildman–Crippen MR) is 84.5 cm³/mol. The monoisotopic (exact) mass is 333 g/mol. The molecule has 0 bridgehead atoms. The predicted octanol–water partition coefficient (Wildman–Crippen LogP) is 3.08. The average Bonchev–Trinajstić information content (AvgIpc) is 2.88. The highest BCUT2D eigenvalue weighted by Crippen LogP contribution is 2.15. The van der Waals surface area contributed by atoms with Gasteiger partial charge in [-0.15, -0.1) is 0 Å². The van der Waals surface area contributed by atoms with E-state index in [4.69, 9.17) is 14.0 Å². The Morgan fingerprint density at radius 2 is 2.04 bits per heavy atom. The molecule has 0 atom stereocenters. The molecule has 2 rings (SSSR count). The van der Waals surface area contributed by atoms with Crippen molar-refractivity contribution in [1.82, 2.24) is 10.1 Å². The van der Waals surface area contributed by atoms with Gasteiger partial charge >= 0.3 is 12.1 Å². The van der Waals surface area contributed by atoms with E-state index < -0.39 is 17.7 Å². The van der Waals surface area contributed by atoms with Gasteiger partial charge in [0.15, 0.2) is 12.4 Å². The first-order valence-electron chi connectivity index (χ1n) is 7.29. The third kappa shape index (κ3) is 5.38. The Morgan fingerprint density at radius 3 is 2.67 bits per heavy atom. The minimum atomic E-state index is -0.608. The lowest BCUT2D eigenvalue weighted by Gasteiger charge is -2.19. The quantitative estimate of drug-likeness (QED) is 0.857. The first kappa shape index (κ1) is 17.5. The number of ether oxygens (including phenoxy) is 2. The maximum Gasteiger partial charge on any atom is 0.412 e. The normalized spacial score (nSPS) is 11.0. The van der Waals surface area contributed by atoms with Crippen LogP contribution in [0.4, 0.5) is 10.5 Å². The van der Waals surface area contributed by atoms with Gasteiger partial charge in [-0.25, -0.2) is 9.59 Å². The second-order valence-corrected chi connectivity index (χ2v) is 6.02. The fourth-order valence-electron chi connectivity index (χ4n) is 1.75. The van der Waals surface area contributed by atoms with Crippen LogP contribution in [0.25, 0.3) is 0 Å². The molecule has 2 aromatic rings. The zero-order valence-corrected chi connectivity index (χ0v) is 14.0. The van der Waals surface area contributed by atoms with Crippen LogP contribution >= 0.6 is 0 Å². The molecule has 128 valence electrons. The highest BCUT2D eigenvalue weighted by atomic mass is 16.6. The van der Waals surface area contributed by atoms with Gasteiger partial charge < -0.3 is 14.0 Å². The second-order valence-electron chi connectivity index (χ2n) is 6.02. The first-order chi connectivity index (χ1) is 11.2. The Morgan fingerprint density at radius 1 is 1.29 bits per heavy atom. The third-order valence-corrected chi connectivity index (χ3v) is 2.64. The molecule has 0 saturated carbocycles. The lowest BCUT2D eigenvalue weighted by molar-refractivity contribution is 0.0429. The van der Waals surface area contributed by atoms with E-state index in [0.29, 0.717) is 11.5 Å². The van der Waals surface area contributed by atoms with Crippen LogP contribution in [0.5, 0.6) is 0 Å². The van der Waals surface area contributed by atoms with Crippen molar-refractivity contribution in [3.63, 3.8) is 0 Å². The highest BCUT2D eigenvalue weighted by molar-refractivity contribution is 5.92. The van der Waals surface area contributed by atoms with Gasteiger partial charge in [-0.2, -0.15) is 4.98 Å². The van der Waals surface area contributed by atoms with Crippen LogP contribution in [0.3, 0.4) is 0 Å². The zero-order valence-electron chi connectivity index (χ0n) is 14.0. The number of nitrogens with one attached hydrogen (secondary N) is 1. The van der Waals surface area contributed by atoms with E-state index in [1.54, 1.807) is 45.9 Å². The van der Waals surface area contributed by atoms with Crippen LogP contribution in [0, 0.1) is 6.92 Å². The molecule has 0 aliphatic heterocycles. The van der Waals surface area contributed by atoms with Crippen molar-refractivity contribution in [3.8, 4) is 0 Å². The summed E-state index contributed by atoms with van der Waals surface area (Å²) in [5.41, 5.74) is 0.0927. The summed E-state index contributed by atoms with van der Waals surface area (Å²) >= 11 is 0. The smallest absolute Gasteiger partial charge is 0.412 e. The number of carbonyl (C=O) groups excluding carboxylic acids is 2. The number of benzene rings is 1. The van der Waals surface area contributed by atoms with Crippen LogP contribution in [-0.2, 0) is 16.1 Å². The fourth-order valence-corrected chi connectivity index (χ4v) is 1.75. The molecular weight excluding hydrogens is 314 g/mol. The van der Waals surface area contributed by atoms with Crippen molar-refractivity contribution in [2.24, 2.45) is 0 Å². The van der Waals surface area contributed by atoms with Gasteiger partial charge in [0.05, 0.1) is 5.56 Å². The van der Waals surface area contributed by atoms with Crippen LogP contribution in [0.2, 0.25) is 0 Å². The number of hydrogen-bond acceptors (Lipinski definition) is 7. The summed E-state index contributed by atoms with van der Waals surface area (Å²) in [5.74, 6) is 0.104. The van der Waals surface area contributed by atoms with Gasteiger partial charge in [0, 0.05) is 5.69 Å². The molecule has 8 heteroatoms. The Kier molecular flexibility index (Phi) is 5.18. The number of anilines is 1. The van der Waals surface area contributed by atoms with Gasteiger partial charge in [-0.3, -0.25) is 5.32 Å². The van der Waals surface area contributed by atoms with E-state index in [0.717, 1.165) is 0 Å². The van der Waals surface area contributed by atoms with Crippen LogP contribution in [0.15, 0.2) is 28.8 Å². The first-order valence-corrected chi connectivity index (χ1v) is 7.29. The lowest BCUT2D eigenvalue weighted by Crippen LogP contribution is -2.27. The van der Waals surface area contributed by atoms with Gasteiger partial charge in [-0.1, -0.05) is 11.2 Å². The molecule has 0 fully saturated rings. The fraction of sp³-hybridized carbons (Fsp3) is 0.375. The van der Waals surface area contributed by atoms with Crippen molar-refractivity contribution < 1.29 is 23.6 Å². The van der Waals surface area contributed by atoms with Crippen molar-refractivity contribution in [2.75, 3.05) is 5.32 Å². The number of esters is 1. The minimum Gasteiger partial charge on any atom is -0.452 e. The maximum absolute atomic E-state index is 12.0. The van der Waals surface area contributed by atoms with Gasteiger partial charge in [0.1, 0.15) is 5.60 Å². The second kappa shape index (κ2) is 7.12. The number of rotatable bonds is 4. The number of aromatic nitrogens is 2. The Labute approximate surface area is 139 Å². The molecule has 0 spiro atoms. The van der Waals surface area contributed by atoms with Gasteiger partial charge in [-0.05, 0) is 45.9 Å². The lowest BCUT2D eigenvalue weighted by atomic mass is 10.2. The molecule has 0 saturated heterocycles. The molecule has 0 unspecified atom stereocenters. The topological polar surface area (TPSA) is 104 Å². The average molecular weight is 333 g/mol. The molecule has 0 aliphatic rings. The maximum atomic E-state index is 12.0. The SMILES string of the molecule is Cc1noc(COC(=O)c2cccc(NC(=O)OC(C)(C)C)c2)n1. The Balaban J connectivity index is 1.96. The van der Waals surface area contributed by atoms with Crippen molar-refractivity contribution in [2.45, 2.75) is 39.9 Å². The molecular formula is C16H19N3O5. The molecule has 1 N–H and O–H groups in total. The van der Waals surface area contributed by atoms with E-state index in [1.165, 1.54) is 6.07 Å². The van der Waals surface area contributed by atoms with E-state index in [-0.39, 0.29) is 18.1 Å². The number of aryl methyl sites for hydroxylation is 1. The van der Waals surface area contributed by atoms with E-state index in [2.05, 4.69) is 15.5 Å². The summed E-state index contributed by atoms with van der Waals surface area (Å²) in [4.78, 5) is 27.7. The van der Waals surface area contributed by atoms with Gasteiger partial charge in [0.25, 0.3) is 5.89 Å². The summed E-state index contributed by atoms with van der Waals surface area (Å²) in [5, 5.41) is 6.17. The molecule has 1 amide bonds. The van der Waals surface area contributed by atoms with Gasteiger partial charge in [0.2, 0.25) is 0 Å². The molecule has 1 heterocycles. The molecule has 1 aromatic carbocycles. The van der Waals surface area contributed by atoms with Crippen molar-refractivity contribution in [3.05, 3.63) is 41.5 Å². The molecule has 0 aliphatic carbocycles. The van der Waals surface area contributed by atoms with E-state index in [9.17, 15) is 9.59 Å². The van der Waals surface area contributed by atoms with Crippen molar-refractivity contribution in [1.29, 1.82) is 0 Å². The third-order valence-electron chi connectivity index (χ3n) is 2.64. The summed E-state index contributed by atoms with van der Waals surface area (Å²) in [7, 11) is 0. The van der Waals surface area contributed by atoms with E-state index in [1.807, 2.05) is 0 Å².